The fourth-order valence-corrected chi connectivity index (χ4v) is 1.39. The highest BCUT2D eigenvalue weighted by Gasteiger charge is 2.12. The predicted molar refractivity (Wildman–Crippen MR) is 60.8 cm³/mol. The summed E-state index contributed by atoms with van der Waals surface area (Å²) < 4.78 is 0. The summed E-state index contributed by atoms with van der Waals surface area (Å²) in [4.78, 5) is 17.5. The molecule has 0 atom stereocenters. The molecule has 1 rings (SSSR count). The molecule has 1 aromatic rings. The molecule has 4 nitrogen and oxygen atoms in total. The molecule has 0 aliphatic heterocycles. The Morgan fingerprint density at radius 1 is 1.47 bits per heavy atom. The minimum Gasteiger partial charge on any atom is -0.319 e. The molecule has 1 amide bonds. The van der Waals surface area contributed by atoms with Crippen LogP contribution in [0.4, 0.5) is 5.69 Å². The standard InChI is InChI=1S/C11H17N3O/c1-3-14(11(15)6-7-12-2)10-4-8-13-9-5-10/h4-5,8-9,12H,3,6-7H2,1-2H3. The van der Waals surface area contributed by atoms with Gasteiger partial charge in [0.05, 0.1) is 0 Å². The minimum atomic E-state index is 0.137. The Bertz CT molecular complexity index is 300. The summed E-state index contributed by atoms with van der Waals surface area (Å²) in [6.07, 6.45) is 3.92. The van der Waals surface area contributed by atoms with Gasteiger partial charge in [0.1, 0.15) is 0 Å². The van der Waals surface area contributed by atoms with Gasteiger partial charge < -0.3 is 10.2 Å². The summed E-state index contributed by atoms with van der Waals surface area (Å²) in [6, 6.07) is 3.70. The van der Waals surface area contributed by atoms with E-state index in [2.05, 4.69) is 10.3 Å². The van der Waals surface area contributed by atoms with E-state index in [1.807, 2.05) is 26.1 Å². The molecule has 0 aliphatic rings. The van der Waals surface area contributed by atoms with E-state index in [1.54, 1.807) is 17.3 Å². The molecule has 1 aromatic heterocycles. The number of carbonyl (C=O) groups is 1. The van der Waals surface area contributed by atoms with E-state index in [4.69, 9.17) is 0 Å². The molecule has 0 saturated carbocycles. The lowest BCUT2D eigenvalue weighted by Gasteiger charge is -2.20. The molecule has 15 heavy (non-hydrogen) atoms. The van der Waals surface area contributed by atoms with Crippen LogP contribution in [-0.4, -0.2) is 31.0 Å². The Morgan fingerprint density at radius 2 is 2.13 bits per heavy atom. The number of amides is 1. The van der Waals surface area contributed by atoms with Crippen LogP contribution in [0.15, 0.2) is 24.5 Å². The van der Waals surface area contributed by atoms with Crippen LogP contribution in [-0.2, 0) is 4.79 Å². The Hall–Kier alpha value is -1.42. The average molecular weight is 207 g/mol. The number of pyridine rings is 1. The Kier molecular flexibility index (Phi) is 4.77. The molecule has 4 heteroatoms. The van der Waals surface area contributed by atoms with Crippen molar-refractivity contribution >= 4 is 11.6 Å². The van der Waals surface area contributed by atoms with Gasteiger partial charge in [-0.2, -0.15) is 0 Å². The Morgan fingerprint density at radius 3 is 2.67 bits per heavy atom. The lowest BCUT2D eigenvalue weighted by Crippen LogP contribution is -2.32. The summed E-state index contributed by atoms with van der Waals surface area (Å²) in [7, 11) is 1.84. The predicted octanol–water partition coefficient (Wildman–Crippen LogP) is 1.04. The summed E-state index contributed by atoms with van der Waals surface area (Å²) in [5.41, 5.74) is 0.911. The number of nitrogens with one attached hydrogen (secondary N) is 1. The van der Waals surface area contributed by atoms with Crippen molar-refractivity contribution in [2.75, 3.05) is 25.0 Å². The second kappa shape index (κ2) is 6.14. The Balaban J connectivity index is 2.67. The fourth-order valence-electron chi connectivity index (χ4n) is 1.39. The van der Waals surface area contributed by atoms with Crippen LogP contribution in [0.3, 0.4) is 0 Å². The first-order valence-electron chi connectivity index (χ1n) is 5.14. The highest BCUT2D eigenvalue weighted by molar-refractivity contribution is 5.93. The van der Waals surface area contributed by atoms with Gasteiger partial charge in [0.2, 0.25) is 5.91 Å². The van der Waals surface area contributed by atoms with Gasteiger partial charge in [0.15, 0.2) is 0 Å². The smallest absolute Gasteiger partial charge is 0.228 e. The molecule has 0 unspecified atom stereocenters. The molecular weight excluding hydrogens is 190 g/mol. The van der Waals surface area contributed by atoms with Crippen LogP contribution in [0, 0.1) is 0 Å². The van der Waals surface area contributed by atoms with Crippen molar-refractivity contribution in [2.45, 2.75) is 13.3 Å². The first-order chi connectivity index (χ1) is 7.29. The number of anilines is 1. The zero-order valence-electron chi connectivity index (χ0n) is 9.23. The van der Waals surface area contributed by atoms with Gasteiger partial charge in [-0.25, -0.2) is 0 Å². The van der Waals surface area contributed by atoms with Gasteiger partial charge in [-0.15, -0.1) is 0 Å². The van der Waals surface area contributed by atoms with E-state index in [1.165, 1.54) is 0 Å². The lowest BCUT2D eigenvalue weighted by molar-refractivity contribution is -0.118. The fraction of sp³-hybridized carbons (Fsp3) is 0.455. The van der Waals surface area contributed by atoms with Crippen molar-refractivity contribution in [3.63, 3.8) is 0 Å². The number of hydrogen-bond acceptors (Lipinski definition) is 3. The van der Waals surface area contributed by atoms with Gasteiger partial charge in [0.25, 0.3) is 0 Å². The highest BCUT2D eigenvalue weighted by atomic mass is 16.2. The minimum absolute atomic E-state index is 0.137. The van der Waals surface area contributed by atoms with Crippen molar-refractivity contribution in [3.05, 3.63) is 24.5 Å². The second-order valence-electron chi connectivity index (χ2n) is 3.20. The van der Waals surface area contributed by atoms with Crippen LogP contribution in [0.1, 0.15) is 13.3 Å². The third-order valence-corrected chi connectivity index (χ3v) is 2.18. The molecule has 0 saturated heterocycles. The summed E-state index contributed by atoms with van der Waals surface area (Å²) >= 11 is 0. The topological polar surface area (TPSA) is 45.2 Å². The van der Waals surface area contributed by atoms with Crippen LogP contribution < -0.4 is 10.2 Å². The molecule has 0 radical (unpaired) electrons. The zero-order valence-corrected chi connectivity index (χ0v) is 9.23. The number of rotatable bonds is 5. The molecule has 0 aromatic carbocycles. The normalized spacial score (nSPS) is 10.0. The summed E-state index contributed by atoms with van der Waals surface area (Å²) in [6.45, 7) is 3.37. The first kappa shape index (κ1) is 11.7. The van der Waals surface area contributed by atoms with E-state index in [0.717, 1.165) is 5.69 Å². The van der Waals surface area contributed by atoms with E-state index in [-0.39, 0.29) is 5.91 Å². The molecule has 1 heterocycles. The van der Waals surface area contributed by atoms with E-state index in [0.29, 0.717) is 19.5 Å². The van der Waals surface area contributed by atoms with Crippen molar-refractivity contribution in [3.8, 4) is 0 Å². The van der Waals surface area contributed by atoms with E-state index in [9.17, 15) is 4.79 Å². The second-order valence-corrected chi connectivity index (χ2v) is 3.20. The van der Waals surface area contributed by atoms with Crippen molar-refractivity contribution in [1.82, 2.24) is 10.3 Å². The highest BCUT2D eigenvalue weighted by Crippen LogP contribution is 2.12. The number of hydrogen-bond donors (Lipinski definition) is 1. The van der Waals surface area contributed by atoms with Gasteiger partial charge in [-0.05, 0) is 26.1 Å². The third kappa shape index (κ3) is 3.32. The summed E-state index contributed by atoms with van der Waals surface area (Å²) in [5, 5.41) is 2.97. The molecule has 0 fully saturated rings. The van der Waals surface area contributed by atoms with Gasteiger partial charge >= 0.3 is 0 Å². The number of carbonyl (C=O) groups excluding carboxylic acids is 1. The third-order valence-electron chi connectivity index (χ3n) is 2.18. The molecule has 0 bridgehead atoms. The maximum Gasteiger partial charge on any atom is 0.228 e. The zero-order chi connectivity index (χ0) is 11.1. The van der Waals surface area contributed by atoms with Crippen LogP contribution in [0.25, 0.3) is 0 Å². The lowest BCUT2D eigenvalue weighted by atomic mass is 10.3. The number of nitrogens with zero attached hydrogens (tertiary/aromatic N) is 2. The van der Waals surface area contributed by atoms with Gasteiger partial charge in [-0.1, -0.05) is 0 Å². The maximum absolute atomic E-state index is 11.8. The van der Waals surface area contributed by atoms with Crippen molar-refractivity contribution in [2.24, 2.45) is 0 Å². The van der Waals surface area contributed by atoms with Crippen LogP contribution in [0.2, 0.25) is 0 Å². The quantitative estimate of drug-likeness (QED) is 0.784. The molecule has 0 aliphatic carbocycles. The molecule has 82 valence electrons. The number of aromatic nitrogens is 1. The van der Waals surface area contributed by atoms with Crippen LogP contribution in [0.5, 0.6) is 0 Å². The van der Waals surface area contributed by atoms with Crippen molar-refractivity contribution in [1.29, 1.82) is 0 Å². The molecule has 1 N–H and O–H groups in total. The SMILES string of the molecule is CCN(C(=O)CCNC)c1ccncc1. The first-order valence-corrected chi connectivity index (χ1v) is 5.14. The molecule has 0 spiro atoms. The monoisotopic (exact) mass is 207 g/mol. The van der Waals surface area contributed by atoms with E-state index >= 15 is 0 Å². The largest absolute Gasteiger partial charge is 0.319 e. The Labute approximate surface area is 90.3 Å². The van der Waals surface area contributed by atoms with Gasteiger partial charge in [0, 0.05) is 37.6 Å². The van der Waals surface area contributed by atoms with Crippen LogP contribution >= 0.6 is 0 Å². The summed E-state index contributed by atoms with van der Waals surface area (Å²) in [5.74, 6) is 0.137. The van der Waals surface area contributed by atoms with Gasteiger partial charge in [-0.3, -0.25) is 9.78 Å². The molecular formula is C11H17N3O. The maximum atomic E-state index is 11.8. The van der Waals surface area contributed by atoms with Crippen molar-refractivity contribution < 1.29 is 4.79 Å². The van der Waals surface area contributed by atoms with E-state index < -0.39 is 0 Å². The average Bonchev–Trinajstić information content (AvgIpc) is 2.29.